The van der Waals surface area contributed by atoms with E-state index in [0.717, 1.165) is 17.9 Å². The van der Waals surface area contributed by atoms with Crippen LogP contribution in [0.2, 0.25) is 0 Å². The first-order valence-corrected chi connectivity index (χ1v) is 11.3. The topological polar surface area (TPSA) is 69.7 Å². The highest BCUT2D eigenvalue weighted by molar-refractivity contribution is 6.05. The van der Waals surface area contributed by atoms with Gasteiger partial charge in [0, 0.05) is 11.8 Å². The molecule has 1 N–H and O–H groups in total. The lowest BCUT2D eigenvalue weighted by Gasteiger charge is -2.17. The van der Waals surface area contributed by atoms with E-state index in [2.05, 4.69) is 17.2 Å². The monoisotopic (exact) mass is 448 g/mol. The van der Waals surface area contributed by atoms with Crippen LogP contribution in [0.1, 0.15) is 62.0 Å². The van der Waals surface area contributed by atoms with Gasteiger partial charge < -0.3 is 19.5 Å². The van der Waals surface area contributed by atoms with E-state index in [1.807, 2.05) is 70.2 Å². The van der Waals surface area contributed by atoms with E-state index in [4.69, 9.17) is 14.2 Å². The summed E-state index contributed by atoms with van der Waals surface area (Å²) in [7, 11) is 0. The molecule has 0 aliphatic rings. The molecule has 0 saturated carbocycles. The van der Waals surface area contributed by atoms with Gasteiger partial charge in [-0.1, -0.05) is 13.0 Å². The molecule has 1 aromatic heterocycles. The summed E-state index contributed by atoms with van der Waals surface area (Å²) in [5.74, 6) is 1.93. The summed E-state index contributed by atoms with van der Waals surface area (Å²) in [5.41, 5.74) is 2.67. The molecule has 33 heavy (non-hydrogen) atoms. The summed E-state index contributed by atoms with van der Waals surface area (Å²) in [4.78, 5) is 17.3. The van der Waals surface area contributed by atoms with Crippen LogP contribution in [0.15, 0.2) is 60.7 Å². The smallest absolute Gasteiger partial charge is 0.257 e. The number of aromatic nitrogens is 1. The summed E-state index contributed by atoms with van der Waals surface area (Å²) in [6, 6.07) is 18.4. The fourth-order valence-electron chi connectivity index (χ4n) is 3.31. The maximum Gasteiger partial charge on any atom is 0.257 e. The van der Waals surface area contributed by atoms with E-state index in [0.29, 0.717) is 35.1 Å². The van der Waals surface area contributed by atoms with Gasteiger partial charge in [-0.2, -0.15) is 0 Å². The van der Waals surface area contributed by atoms with Crippen LogP contribution in [-0.4, -0.2) is 23.6 Å². The quantitative estimate of drug-likeness (QED) is 0.373. The van der Waals surface area contributed by atoms with E-state index in [9.17, 15) is 4.79 Å². The number of ether oxygens (including phenoxy) is 3. The van der Waals surface area contributed by atoms with Crippen molar-refractivity contribution in [1.29, 1.82) is 0 Å². The normalized spacial score (nSPS) is 11.8. The molecule has 174 valence electrons. The lowest BCUT2D eigenvalue weighted by molar-refractivity contribution is 0.0154. The molecule has 0 saturated heterocycles. The van der Waals surface area contributed by atoms with Crippen molar-refractivity contribution < 1.29 is 19.0 Å². The standard InChI is InChI=1S/C27H32N2O4/c1-6-16-31-23-8-7-9-24(17-23)33-22-12-10-21(11-13-22)29-27(30)25-14-15-26(28-19(25)4)20(5)32-18(2)3/h7-15,17-18,20H,6,16H2,1-5H3,(H,29,30). The van der Waals surface area contributed by atoms with Crippen LogP contribution in [-0.2, 0) is 4.74 Å². The van der Waals surface area contributed by atoms with Crippen molar-refractivity contribution in [1.82, 2.24) is 4.98 Å². The maximum atomic E-state index is 12.8. The SMILES string of the molecule is CCCOc1cccc(Oc2ccc(NC(=O)c3ccc(C(C)OC(C)C)nc3C)cc2)c1. The molecule has 0 bridgehead atoms. The molecule has 1 amide bonds. The molecule has 1 heterocycles. The fourth-order valence-corrected chi connectivity index (χ4v) is 3.31. The molecular formula is C27H32N2O4. The predicted octanol–water partition coefficient (Wildman–Crippen LogP) is 6.71. The number of carbonyl (C=O) groups is 1. The third-order valence-electron chi connectivity index (χ3n) is 4.87. The Morgan fingerprint density at radius 3 is 2.36 bits per heavy atom. The van der Waals surface area contributed by atoms with Gasteiger partial charge in [-0.25, -0.2) is 0 Å². The number of hydrogen-bond donors (Lipinski definition) is 1. The third kappa shape index (κ3) is 7.05. The predicted molar refractivity (Wildman–Crippen MR) is 130 cm³/mol. The van der Waals surface area contributed by atoms with Crippen LogP contribution < -0.4 is 14.8 Å². The Morgan fingerprint density at radius 2 is 1.70 bits per heavy atom. The number of nitrogens with zero attached hydrogens (tertiary/aromatic N) is 1. The molecule has 0 radical (unpaired) electrons. The number of rotatable bonds is 10. The Balaban J connectivity index is 1.62. The Bertz CT molecular complexity index is 1060. The molecule has 1 unspecified atom stereocenters. The molecule has 6 heteroatoms. The lowest BCUT2D eigenvalue weighted by Crippen LogP contribution is -2.16. The third-order valence-corrected chi connectivity index (χ3v) is 4.87. The number of carbonyl (C=O) groups excluding carboxylic acids is 1. The van der Waals surface area contributed by atoms with Gasteiger partial charge in [-0.15, -0.1) is 0 Å². The second-order valence-corrected chi connectivity index (χ2v) is 8.10. The van der Waals surface area contributed by atoms with Gasteiger partial charge in [0.1, 0.15) is 17.2 Å². The molecule has 6 nitrogen and oxygen atoms in total. The summed E-state index contributed by atoms with van der Waals surface area (Å²) >= 11 is 0. The molecule has 3 aromatic rings. The number of amides is 1. The average Bonchev–Trinajstić information content (AvgIpc) is 2.78. The number of hydrogen-bond acceptors (Lipinski definition) is 5. The summed E-state index contributed by atoms with van der Waals surface area (Å²) in [6.45, 7) is 10.5. The lowest BCUT2D eigenvalue weighted by atomic mass is 10.1. The van der Waals surface area contributed by atoms with E-state index in [1.165, 1.54) is 0 Å². The molecule has 3 rings (SSSR count). The van der Waals surface area contributed by atoms with Crippen LogP contribution in [0.4, 0.5) is 5.69 Å². The molecule has 0 fully saturated rings. The van der Waals surface area contributed by atoms with Crippen LogP contribution in [0.5, 0.6) is 17.2 Å². The minimum atomic E-state index is -0.210. The van der Waals surface area contributed by atoms with Crippen LogP contribution in [0.25, 0.3) is 0 Å². The van der Waals surface area contributed by atoms with Gasteiger partial charge in [-0.05, 0) is 82.6 Å². The van der Waals surface area contributed by atoms with Gasteiger partial charge in [0.2, 0.25) is 0 Å². The average molecular weight is 449 g/mol. The Hall–Kier alpha value is -3.38. The first kappa shape index (κ1) is 24.3. The van der Waals surface area contributed by atoms with E-state index in [1.54, 1.807) is 18.2 Å². The first-order chi connectivity index (χ1) is 15.9. The molecule has 0 spiro atoms. The second kappa shape index (κ2) is 11.5. The molecule has 0 aliphatic heterocycles. The first-order valence-electron chi connectivity index (χ1n) is 11.3. The van der Waals surface area contributed by atoms with Crippen LogP contribution in [0, 0.1) is 6.92 Å². The highest BCUT2D eigenvalue weighted by atomic mass is 16.5. The second-order valence-electron chi connectivity index (χ2n) is 8.10. The zero-order valence-electron chi connectivity index (χ0n) is 19.9. The minimum Gasteiger partial charge on any atom is -0.493 e. The van der Waals surface area contributed by atoms with Gasteiger partial charge >= 0.3 is 0 Å². The number of anilines is 1. The number of pyridine rings is 1. The number of benzene rings is 2. The minimum absolute atomic E-state index is 0.107. The zero-order valence-corrected chi connectivity index (χ0v) is 19.9. The Labute approximate surface area is 195 Å². The van der Waals surface area contributed by atoms with Gasteiger partial charge in [-0.3, -0.25) is 9.78 Å². The summed E-state index contributed by atoms with van der Waals surface area (Å²) in [6.07, 6.45) is 0.923. The van der Waals surface area contributed by atoms with E-state index >= 15 is 0 Å². The molecular weight excluding hydrogens is 416 g/mol. The summed E-state index contributed by atoms with van der Waals surface area (Å²) < 4.78 is 17.3. The molecule has 0 aliphatic carbocycles. The van der Waals surface area contributed by atoms with Crippen molar-refractivity contribution in [2.75, 3.05) is 11.9 Å². The largest absolute Gasteiger partial charge is 0.493 e. The molecule has 2 aromatic carbocycles. The van der Waals surface area contributed by atoms with Crippen LogP contribution in [0.3, 0.4) is 0 Å². The fraction of sp³-hybridized carbons (Fsp3) is 0.333. The zero-order chi connectivity index (χ0) is 23.8. The van der Waals surface area contributed by atoms with E-state index < -0.39 is 0 Å². The number of aryl methyl sites for hydroxylation is 1. The summed E-state index contributed by atoms with van der Waals surface area (Å²) in [5, 5.41) is 2.92. The highest BCUT2D eigenvalue weighted by Gasteiger charge is 2.15. The van der Waals surface area contributed by atoms with Crippen molar-refractivity contribution in [2.45, 2.75) is 53.2 Å². The van der Waals surface area contributed by atoms with Crippen molar-refractivity contribution in [2.24, 2.45) is 0 Å². The van der Waals surface area contributed by atoms with Gasteiger partial charge in [0.05, 0.1) is 35.8 Å². The van der Waals surface area contributed by atoms with Crippen molar-refractivity contribution in [3.63, 3.8) is 0 Å². The van der Waals surface area contributed by atoms with Crippen LogP contribution >= 0.6 is 0 Å². The van der Waals surface area contributed by atoms with Gasteiger partial charge in [0.15, 0.2) is 0 Å². The van der Waals surface area contributed by atoms with E-state index in [-0.39, 0.29) is 18.1 Å². The Morgan fingerprint density at radius 1 is 0.970 bits per heavy atom. The number of nitrogens with one attached hydrogen (secondary N) is 1. The van der Waals surface area contributed by atoms with Crippen molar-refractivity contribution in [3.8, 4) is 17.2 Å². The highest BCUT2D eigenvalue weighted by Crippen LogP contribution is 2.27. The van der Waals surface area contributed by atoms with Gasteiger partial charge in [0.25, 0.3) is 5.91 Å². The van der Waals surface area contributed by atoms with Crippen molar-refractivity contribution >= 4 is 11.6 Å². The molecule has 1 atom stereocenters. The maximum absolute atomic E-state index is 12.8. The van der Waals surface area contributed by atoms with Crippen molar-refractivity contribution in [3.05, 3.63) is 77.6 Å². The Kier molecular flexibility index (Phi) is 8.44.